The third-order valence-corrected chi connectivity index (χ3v) is 3.86. The molecule has 1 aliphatic carbocycles. The molecule has 1 heterocycles. The average Bonchev–Trinajstić information content (AvgIpc) is 2.58. The number of pyridine rings is 1. The lowest BCUT2D eigenvalue weighted by Crippen LogP contribution is -2.29. The fourth-order valence-corrected chi connectivity index (χ4v) is 2.70. The van der Waals surface area contributed by atoms with Gasteiger partial charge in [0.1, 0.15) is 0 Å². The number of methoxy groups -OCH3 is 2. The van der Waals surface area contributed by atoms with E-state index in [1.165, 1.54) is 0 Å². The van der Waals surface area contributed by atoms with Crippen molar-refractivity contribution < 1.29 is 36.6 Å². The highest BCUT2D eigenvalue weighted by atomic mass is 19.2. The summed E-state index contributed by atoms with van der Waals surface area (Å²) in [5, 5.41) is 0. The molecule has 24 heavy (non-hydrogen) atoms. The summed E-state index contributed by atoms with van der Waals surface area (Å²) < 4.78 is 63.9. The summed E-state index contributed by atoms with van der Waals surface area (Å²) in [7, 11) is 2.18. The molecule has 0 N–H and O–H groups in total. The molecular weight excluding hydrogens is 334 g/mol. The molecule has 2 unspecified atom stereocenters. The monoisotopic (exact) mass is 347 g/mol. The van der Waals surface area contributed by atoms with Gasteiger partial charge in [-0.3, -0.25) is 4.79 Å². The molecule has 2 rings (SSSR count). The van der Waals surface area contributed by atoms with Gasteiger partial charge in [-0.1, -0.05) is 6.08 Å². The first-order valence-corrected chi connectivity index (χ1v) is 6.88. The molecule has 0 aromatic carbocycles. The van der Waals surface area contributed by atoms with Crippen molar-refractivity contribution in [3.8, 4) is 0 Å². The molecule has 0 amide bonds. The zero-order valence-electron chi connectivity index (χ0n) is 12.7. The number of aromatic nitrogens is 1. The topological polar surface area (TPSA) is 65.5 Å². The first-order valence-electron chi connectivity index (χ1n) is 6.88. The summed E-state index contributed by atoms with van der Waals surface area (Å²) >= 11 is 0. The van der Waals surface area contributed by atoms with E-state index >= 15 is 0 Å². The van der Waals surface area contributed by atoms with Crippen molar-refractivity contribution >= 4 is 11.9 Å². The van der Waals surface area contributed by atoms with E-state index in [0.717, 1.165) is 20.3 Å². The summed E-state index contributed by atoms with van der Waals surface area (Å²) in [6.45, 7) is 0. The smallest absolute Gasteiger partial charge is 0.333 e. The predicted molar refractivity (Wildman–Crippen MR) is 71.6 cm³/mol. The number of nitrogens with zero attached hydrogens (tertiary/aromatic N) is 1. The van der Waals surface area contributed by atoms with Crippen molar-refractivity contribution in [2.24, 2.45) is 5.92 Å². The van der Waals surface area contributed by atoms with Crippen molar-refractivity contribution in [2.75, 3.05) is 14.2 Å². The van der Waals surface area contributed by atoms with Gasteiger partial charge in [0.25, 0.3) is 11.9 Å². The second-order valence-corrected chi connectivity index (χ2v) is 5.11. The Morgan fingerprint density at radius 1 is 1.08 bits per heavy atom. The van der Waals surface area contributed by atoms with Crippen LogP contribution in [0.3, 0.4) is 0 Å². The zero-order valence-corrected chi connectivity index (χ0v) is 12.7. The molecule has 1 aliphatic rings. The SMILES string of the molecule is COC(=O)C1=CC(c2c(F)c(F)nc(F)c2F)C(C(=O)OC)CC1. The largest absolute Gasteiger partial charge is 0.469 e. The third kappa shape index (κ3) is 3.10. The van der Waals surface area contributed by atoms with Crippen molar-refractivity contribution in [1.29, 1.82) is 0 Å². The Morgan fingerprint density at radius 2 is 1.67 bits per heavy atom. The van der Waals surface area contributed by atoms with Gasteiger partial charge in [0.2, 0.25) is 0 Å². The maximum absolute atomic E-state index is 14.0. The summed E-state index contributed by atoms with van der Waals surface area (Å²) in [5.41, 5.74) is -0.976. The molecule has 2 atom stereocenters. The third-order valence-electron chi connectivity index (χ3n) is 3.86. The average molecular weight is 347 g/mol. The van der Waals surface area contributed by atoms with E-state index in [-0.39, 0.29) is 18.4 Å². The van der Waals surface area contributed by atoms with Crippen molar-refractivity contribution in [3.63, 3.8) is 0 Å². The Labute approximate surface area is 134 Å². The van der Waals surface area contributed by atoms with Gasteiger partial charge in [-0.25, -0.2) is 13.6 Å². The fraction of sp³-hybridized carbons (Fsp3) is 0.400. The molecule has 0 saturated carbocycles. The summed E-state index contributed by atoms with van der Waals surface area (Å²) in [4.78, 5) is 26.0. The Bertz CT molecular complexity index is 694. The molecule has 0 saturated heterocycles. The second kappa shape index (κ2) is 6.98. The van der Waals surface area contributed by atoms with Crippen LogP contribution in [0, 0.1) is 29.4 Å². The molecule has 5 nitrogen and oxygen atoms in total. The summed E-state index contributed by atoms with van der Waals surface area (Å²) in [6, 6.07) is 0. The van der Waals surface area contributed by atoms with Crippen molar-refractivity contribution in [1.82, 2.24) is 4.98 Å². The van der Waals surface area contributed by atoms with Gasteiger partial charge in [0, 0.05) is 17.1 Å². The number of hydrogen-bond acceptors (Lipinski definition) is 5. The highest BCUT2D eigenvalue weighted by Gasteiger charge is 2.39. The van der Waals surface area contributed by atoms with Crippen LogP contribution in [-0.4, -0.2) is 31.1 Å². The first kappa shape index (κ1) is 17.9. The Hall–Kier alpha value is -2.45. The minimum atomic E-state index is -1.84. The van der Waals surface area contributed by atoms with E-state index in [1.54, 1.807) is 0 Å². The molecular formula is C15H13F4NO4. The van der Waals surface area contributed by atoms with Crippen LogP contribution >= 0.6 is 0 Å². The lowest BCUT2D eigenvalue weighted by Gasteiger charge is -2.28. The molecule has 0 fully saturated rings. The highest BCUT2D eigenvalue weighted by Crippen LogP contribution is 2.40. The maximum Gasteiger partial charge on any atom is 0.333 e. The van der Waals surface area contributed by atoms with E-state index in [0.29, 0.717) is 0 Å². The molecule has 0 radical (unpaired) electrons. The number of carbonyl (C=O) groups excluding carboxylic acids is 2. The van der Waals surface area contributed by atoms with Crippen molar-refractivity contribution in [3.05, 3.63) is 40.7 Å². The van der Waals surface area contributed by atoms with Gasteiger partial charge < -0.3 is 9.47 Å². The number of carbonyl (C=O) groups is 2. The lowest BCUT2D eigenvalue weighted by molar-refractivity contribution is -0.147. The lowest BCUT2D eigenvalue weighted by atomic mass is 9.76. The minimum absolute atomic E-state index is 0.0112. The van der Waals surface area contributed by atoms with Gasteiger partial charge >= 0.3 is 11.9 Å². The van der Waals surface area contributed by atoms with Crippen LogP contribution in [0.15, 0.2) is 11.6 Å². The Morgan fingerprint density at radius 3 is 2.17 bits per heavy atom. The first-order chi connectivity index (χ1) is 11.3. The molecule has 1 aromatic rings. The minimum Gasteiger partial charge on any atom is -0.469 e. The second-order valence-electron chi connectivity index (χ2n) is 5.11. The predicted octanol–water partition coefficient (Wildman–Crippen LogP) is 2.40. The quantitative estimate of drug-likeness (QED) is 0.477. The van der Waals surface area contributed by atoms with Crippen LogP contribution in [0.4, 0.5) is 17.6 Å². The van der Waals surface area contributed by atoms with Crippen LogP contribution in [0.1, 0.15) is 24.3 Å². The summed E-state index contributed by atoms with van der Waals surface area (Å²) in [6.07, 6.45) is 1.14. The van der Waals surface area contributed by atoms with E-state index in [2.05, 4.69) is 14.5 Å². The number of rotatable bonds is 3. The molecule has 9 heteroatoms. The van der Waals surface area contributed by atoms with Crippen LogP contribution in [0.2, 0.25) is 0 Å². The van der Waals surface area contributed by atoms with E-state index in [4.69, 9.17) is 0 Å². The standard InChI is InChI=1S/C15H13F4NO4/c1-23-14(21)6-3-4-7(15(22)24-2)8(5-6)9-10(16)12(18)20-13(19)11(9)17/h5,7-8H,3-4H2,1-2H3. The number of esters is 2. The maximum atomic E-state index is 14.0. The summed E-state index contributed by atoms with van der Waals surface area (Å²) in [5.74, 6) is -11.3. The van der Waals surface area contributed by atoms with E-state index in [1.807, 2.05) is 0 Å². The number of halogens is 4. The van der Waals surface area contributed by atoms with Gasteiger partial charge in [-0.05, 0) is 12.8 Å². The number of ether oxygens (including phenoxy) is 2. The van der Waals surface area contributed by atoms with Crippen molar-refractivity contribution in [2.45, 2.75) is 18.8 Å². The Balaban J connectivity index is 2.64. The van der Waals surface area contributed by atoms with Crippen LogP contribution < -0.4 is 0 Å². The van der Waals surface area contributed by atoms with Gasteiger partial charge in [0.15, 0.2) is 11.6 Å². The van der Waals surface area contributed by atoms with Crippen LogP contribution in [0.5, 0.6) is 0 Å². The van der Waals surface area contributed by atoms with Gasteiger partial charge in [-0.15, -0.1) is 0 Å². The normalized spacial score (nSPS) is 20.3. The molecule has 0 bridgehead atoms. The molecule has 0 spiro atoms. The van der Waals surface area contributed by atoms with Crippen LogP contribution in [-0.2, 0) is 19.1 Å². The van der Waals surface area contributed by atoms with E-state index < -0.39 is 52.9 Å². The molecule has 130 valence electrons. The fourth-order valence-electron chi connectivity index (χ4n) is 2.70. The van der Waals surface area contributed by atoms with E-state index in [9.17, 15) is 27.2 Å². The molecule has 1 aromatic heterocycles. The van der Waals surface area contributed by atoms with Gasteiger partial charge in [-0.2, -0.15) is 13.8 Å². The van der Waals surface area contributed by atoms with Gasteiger partial charge in [0.05, 0.1) is 20.1 Å². The Kier molecular flexibility index (Phi) is 5.20. The highest BCUT2D eigenvalue weighted by molar-refractivity contribution is 5.89. The number of hydrogen-bond donors (Lipinski definition) is 0. The molecule has 0 aliphatic heterocycles. The zero-order chi connectivity index (χ0) is 18.0. The number of allylic oxidation sites excluding steroid dienone is 1. The van der Waals surface area contributed by atoms with Crippen LogP contribution in [0.25, 0.3) is 0 Å².